The second kappa shape index (κ2) is 11.6. The lowest BCUT2D eigenvalue weighted by molar-refractivity contribution is 0.0707. The molecule has 0 radical (unpaired) electrons. The number of likely N-dealkylation sites (tertiary alicyclic amines) is 1. The van der Waals surface area contributed by atoms with Gasteiger partial charge in [-0.15, -0.1) is 11.3 Å². The average Bonchev–Trinajstić information content (AvgIpc) is 3.47. The van der Waals surface area contributed by atoms with Crippen LogP contribution in [0.3, 0.4) is 0 Å². The molecule has 2 aromatic carbocycles. The third-order valence-corrected chi connectivity index (χ3v) is 7.84. The van der Waals surface area contributed by atoms with Gasteiger partial charge in [0.15, 0.2) is 0 Å². The maximum Gasteiger partial charge on any atom is 0.272 e. The fourth-order valence-corrected chi connectivity index (χ4v) is 5.70. The standard InChI is InChI=1S/C29H30N4O4S/c1-36-21-7-5-6-19(16-21)10-13-30-27(34)25-18-38-28(32-25)20-11-14-33(15-12-20)29(35)24-17-26(37-2)22-8-3-4-9-23(22)31-24/h3-9,16-18,20H,10-15H2,1-2H3,(H,30,34). The van der Waals surface area contributed by atoms with E-state index in [9.17, 15) is 9.59 Å². The Balaban J connectivity index is 1.15. The van der Waals surface area contributed by atoms with Crippen molar-refractivity contribution in [1.82, 2.24) is 20.2 Å². The van der Waals surface area contributed by atoms with Crippen LogP contribution in [0.15, 0.2) is 60.0 Å². The van der Waals surface area contributed by atoms with E-state index in [1.165, 1.54) is 11.3 Å². The number of ether oxygens (including phenoxy) is 2. The first-order valence-electron chi connectivity index (χ1n) is 12.7. The first-order valence-corrected chi connectivity index (χ1v) is 13.5. The molecule has 8 nitrogen and oxygen atoms in total. The Morgan fingerprint density at radius 3 is 2.61 bits per heavy atom. The molecule has 2 aromatic heterocycles. The number of methoxy groups -OCH3 is 2. The molecule has 0 saturated carbocycles. The fraction of sp³-hybridized carbons (Fsp3) is 0.310. The van der Waals surface area contributed by atoms with Crippen molar-refractivity contribution < 1.29 is 19.1 Å². The van der Waals surface area contributed by atoms with E-state index < -0.39 is 0 Å². The summed E-state index contributed by atoms with van der Waals surface area (Å²) in [6.45, 7) is 1.75. The summed E-state index contributed by atoms with van der Waals surface area (Å²) >= 11 is 1.51. The van der Waals surface area contributed by atoms with Crippen molar-refractivity contribution in [3.8, 4) is 11.5 Å². The zero-order valence-electron chi connectivity index (χ0n) is 21.5. The molecule has 4 aromatic rings. The molecule has 2 amide bonds. The molecule has 1 N–H and O–H groups in total. The van der Waals surface area contributed by atoms with Gasteiger partial charge in [0.05, 0.1) is 24.7 Å². The van der Waals surface area contributed by atoms with Crippen LogP contribution in [-0.4, -0.2) is 60.5 Å². The van der Waals surface area contributed by atoms with Crippen LogP contribution < -0.4 is 14.8 Å². The maximum atomic E-state index is 13.2. The molecule has 0 spiro atoms. The number of para-hydroxylation sites is 1. The van der Waals surface area contributed by atoms with Gasteiger partial charge in [-0.2, -0.15) is 0 Å². The number of thiazole rings is 1. The summed E-state index contributed by atoms with van der Waals surface area (Å²) in [5, 5.41) is 6.60. The Morgan fingerprint density at radius 2 is 1.82 bits per heavy atom. The molecule has 9 heteroatoms. The highest BCUT2D eigenvalue weighted by atomic mass is 32.1. The number of hydrogen-bond donors (Lipinski definition) is 1. The summed E-state index contributed by atoms with van der Waals surface area (Å²) < 4.78 is 10.8. The minimum Gasteiger partial charge on any atom is -0.497 e. The molecule has 0 aliphatic carbocycles. The molecule has 0 bridgehead atoms. The van der Waals surface area contributed by atoms with Gasteiger partial charge in [0, 0.05) is 42.4 Å². The number of nitrogens with one attached hydrogen (secondary N) is 1. The van der Waals surface area contributed by atoms with Crippen LogP contribution in [0.25, 0.3) is 10.9 Å². The Bertz CT molecular complexity index is 1450. The number of benzene rings is 2. The summed E-state index contributed by atoms with van der Waals surface area (Å²) in [6.07, 6.45) is 2.30. The highest BCUT2D eigenvalue weighted by Gasteiger charge is 2.28. The van der Waals surface area contributed by atoms with Crippen molar-refractivity contribution in [3.05, 3.63) is 81.9 Å². The highest BCUT2D eigenvalue weighted by Crippen LogP contribution is 2.32. The van der Waals surface area contributed by atoms with E-state index in [1.807, 2.05) is 58.8 Å². The van der Waals surface area contributed by atoms with Gasteiger partial charge in [-0.05, 0) is 49.1 Å². The van der Waals surface area contributed by atoms with Crippen LogP contribution in [0.2, 0.25) is 0 Å². The zero-order chi connectivity index (χ0) is 26.5. The molecular weight excluding hydrogens is 500 g/mol. The normalized spacial score (nSPS) is 13.9. The molecule has 0 atom stereocenters. The van der Waals surface area contributed by atoms with E-state index in [4.69, 9.17) is 9.47 Å². The van der Waals surface area contributed by atoms with Crippen LogP contribution in [-0.2, 0) is 6.42 Å². The van der Waals surface area contributed by atoms with Crippen LogP contribution in [0.4, 0.5) is 0 Å². The van der Waals surface area contributed by atoms with Crippen molar-refractivity contribution in [2.75, 3.05) is 33.9 Å². The quantitative estimate of drug-likeness (QED) is 0.355. The molecule has 38 heavy (non-hydrogen) atoms. The number of amides is 2. The lowest BCUT2D eigenvalue weighted by Crippen LogP contribution is -2.38. The topological polar surface area (TPSA) is 93.7 Å². The van der Waals surface area contributed by atoms with Crippen LogP contribution >= 0.6 is 11.3 Å². The minimum absolute atomic E-state index is 0.0947. The first kappa shape index (κ1) is 25.7. The van der Waals surface area contributed by atoms with Crippen LogP contribution in [0.1, 0.15) is 50.3 Å². The molecule has 1 saturated heterocycles. The van der Waals surface area contributed by atoms with Gasteiger partial charge < -0.3 is 19.7 Å². The number of hydrogen-bond acceptors (Lipinski definition) is 7. The second-order valence-corrected chi connectivity index (χ2v) is 10.1. The molecule has 3 heterocycles. The Morgan fingerprint density at radius 1 is 1.00 bits per heavy atom. The van der Waals surface area contributed by atoms with Crippen LogP contribution in [0.5, 0.6) is 11.5 Å². The summed E-state index contributed by atoms with van der Waals surface area (Å²) in [6, 6.07) is 17.2. The van der Waals surface area contributed by atoms with Crippen molar-refractivity contribution in [1.29, 1.82) is 0 Å². The summed E-state index contributed by atoms with van der Waals surface area (Å²) in [5.74, 6) is 1.41. The van der Waals surface area contributed by atoms with Gasteiger partial charge in [0.25, 0.3) is 11.8 Å². The maximum absolute atomic E-state index is 13.2. The van der Waals surface area contributed by atoms with Gasteiger partial charge in [-0.3, -0.25) is 9.59 Å². The zero-order valence-corrected chi connectivity index (χ0v) is 22.3. The van der Waals surface area contributed by atoms with Gasteiger partial charge in [-0.1, -0.05) is 24.3 Å². The van der Waals surface area contributed by atoms with Crippen LogP contribution in [0, 0.1) is 0 Å². The van der Waals surface area contributed by atoms with E-state index >= 15 is 0 Å². The van der Waals surface area contributed by atoms with Gasteiger partial charge in [-0.25, -0.2) is 9.97 Å². The van der Waals surface area contributed by atoms with Crippen molar-refractivity contribution >= 4 is 34.1 Å². The third kappa shape index (κ3) is 5.62. The number of piperidine rings is 1. The highest BCUT2D eigenvalue weighted by molar-refractivity contribution is 7.09. The van der Waals surface area contributed by atoms with Gasteiger partial charge in [0.1, 0.15) is 22.9 Å². The fourth-order valence-electron chi connectivity index (χ4n) is 4.73. The number of rotatable bonds is 8. The van der Waals surface area contributed by atoms with E-state index in [0.29, 0.717) is 43.2 Å². The molecule has 1 aliphatic rings. The third-order valence-electron chi connectivity index (χ3n) is 6.84. The van der Waals surface area contributed by atoms with E-state index in [1.54, 1.807) is 20.3 Å². The van der Waals surface area contributed by atoms with E-state index in [2.05, 4.69) is 15.3 Å². The smallest absolute Gasteiger partial charge is 0.272 e. The first-order chi connectivity index (χ1) is 18.6. The predicted octanol–water partition coefficient (Wildman–Crippen LogP) is 4.70. The van der Waals surface area contributed by atoms with E-state index in [0.717, 1.165) is 40.1 Å². The molecule has 196 valence electrons. The largest absolute Gasteiger partial charge is 0.497 e. The second-order valence-electron chi connectivity index (χ2n) is 9.22. The number of pyridine rings is 1. The van der Waals surface area contributed by atoms with Crippen molar-refractivity contribution in [3.63, 3.8) is 0 Å². The average molecular weight is 531 g/mol. The molecule has 1 fully saturated rings. The summed E-state index contributed by atoms with van der Waals surface area (Å²) in [4.78, 5) is 36.9. The number of nitrogens with zero attached hydrogens (tertiary/aromatic N) is 3. The predicted molar refractivity (Wildman–Crippen MR) is 147 cm³/mol. The number of fused-ring (bicyclic) bond motifs is 1. The Labute approximate surface area is 225 Å². The summed E-state index contributed by atoms with van der Waals surface area (Å²) in [7, 11) is 3.24. The lowest BCUT2D eigenvalue weighted by Gasteiger charge is -2.31. The number of aromatic nitrogens is 2. The number of carbonyl (C=O) groups excluding carboxylic acids is 2. The molecule has 1 aliphatic heterocycles. The SMILES string of the molecule is COc1cccc(CCNC(=O)c2csc(C3CCN(C(=O)c4cc(OC)c5ccccc5n4)CC3)n2)c1. The number of carbonyl (C=O) groups is 2. The van der Waals surface area contributed by atoms with Gasteiger partial charge in [0.2, 0.25) is 0 Å². The van der Waals surface area contributed by atoms with Crippen molar-refractivity contribution in [2.45, 2.75) is 25.2 Å². The van der Waals surface area contributed by atoms with Crippen molar-refractivity contribution in [2.24, 2.45) is 0 Å². The molecule has 0 unspecified atom stereocenters. The minimum atomic E-state index is -0.167. The summed E-state index contributed by atoms with van der Waals surface area (Å²) in [5.41, 5.74) is 2.67. The lowest BCUT2D eigenvalue weighted by atomic mass is 9.97. The van der Waals surface area contributed by atoms with E-state index in [-0.39, 0.29) is 17.7 Å². The molecule has 5 rings (SSSR count). The molecular formula is C29H30N4O4S. The van der Waals surface area contributed by atoms with Gasteiger partial charge >= 0.3 is 0 Å². The monoisotopic (exact) mass is 530 g/mol. The Hall–Kier alpha value is -3.98. The Kier molecular flexibility index (Phi) is 7.83.